The number of aliphatic hydroxyl groups excluding tert-OH is 1. The van der Waals surface area contributed by atoms with E-state index in [1.165, 1.54) is 0 Å². The normalized spacial score (nSPS) is 23.8. The van der Waals surface area contributed by atoms with Gasteiger partial charge in [0.1, 0.15) is 12.0 Å². The molecular formula is C16H22N2O3. The van der Waals surface area contributed by atoms with Crippen molar-refractivity contribution in [3.05, 3.63) is 35.9 Å². The summed E-state index contributed by atoms with van der Waals surface area (Å²) in [6.07, 6.45) is 0.853. The highest BCUT2D eigenvalue weighted by atomic mass is 16.5. The van der Waals surface area contributed by atoms with Crippen LogP contribution < -0.4 is 0 Å². The second-order valence-corrected chi connectivity index (χ2v) is 5.55. The van der Waals surface area contributed by atoms with E-state index >= 15 is 0 Å². The fourth-order valence-electron chi connectivity index (χ4n) is 2.59. The van der Waals surface area contributed by atoms with E-state index < -0.39 is 11.9 Å². The van der Waals surface area contributed by atoms with Gasteiger partial charge in [-0.25, -0.2) is 0 Å². The number of esters is 1. The zero-order valence-corrected chi connectivity index (χ0v) is 12.5. The van der Waals surface area contributed by atoms with Gasteiger partial charge < -0.3 is 14.7 Å². The first-order valence-corrected chi connectivity index (χ1v) is 7.19. The van der Waals surface area contributed by atoms with Crippen LogP contribution in [0.3, 0.4) is 0 Å². The van der Waals surface area contributed by atoms with Crippen LogP contribution >= 0.6 is 0 Å². The van der Waals surface area contributed by atoms with Gasteiger partial charge in [0.05, 0.1) is 12.4 Å². The monoisotopic (exact) mass is 290 g/mol. The summed E-state index contributed by atoms with van der Waals surface area (Å²) in [5, 5.41) is 17.4. The molecule has 0 amide bonds. The Hall–Kier alpha value is -1.88. The maximum Gasteiger partial charge on any atom is 0.316 e. The molecule has 0 saturated carbocycles. The van der Waals surface area contributed by atoms with Gasteiger partial charge in [-0.3, -0.25) is 10.2 Å². The second kappa shape index (κ2) is 6.72. The van der Waals surface area contributed by atoms with Gasteiger partial charge in [-0.05, 0) is 12.5 Å². The minimum atomic E-state index is -0.657. The van der Waals surface area contributed by atoms with Gasteiger partial charge in [-0.15, -0.1) is 0 Å². The van der Waals surface area contributed by atoms with Crippen molar-refractivity contribution in [1.82, 2.24) is 4.90 Å². The van der Waals surface area contributed by atoms with Gasteiger partial charge in [0.15, 0.2) is 0 Å². The topological polar surface area (TPSA) is 73.6 Å². The molecular weight excluding hydrogens is 268 g/mol. The molecule has 1 aliphatic rings. The summed E-state index contributed by atoms with van der Waals surface area (Å²) in [4.78, 5) is 14.2. The van der Waals surface area contributed by atoms with Gasteiger partial charge in [0.25, 0.3) is 0 Å². The van der Waals surface area contributed by atoms with E-state index in [0.29, 0.717) is 18.7 Å². The molecule has 0 aliphatic carbocycles. The van der Waals surface area contributed by atoms with E-state index in [-0.39, 0.29) is 18.8 Å². The first-order chi connectivity index (χ1) is 10.0. The van der Waals surface area contributed by atoms with Crippen molar-refractivity contribution in [2.75, 3.05) is 13.7 Å². The zero-order valence-electron chi connectivity index (χ0n) is 12.5. The number of rotatable bonds is 4. The number of amidine groups is 1. The van der Waals surface area contributed by atoms with Gasteiger partial charge in [-0.2, -0.15) is 0 Å². The van der Waals surface area contributed by atoms with Gasteiger partial charge >= 0.3 is 5.97 Å². The third-order valence-electron chi connectivity index (χ3n) is 4.06. The van der Waals surface area contributed by atoms with E-state index in [1.54, 1.807) is 0 Å². The van der Waals surface area contributed by atoms with Crippen molar-refractivity contribution in [1.29, 1.82) is 5.41 Å². The minimum Gasteiger partial charge on any atom is -0.461 e. The van der Waals surface area contributed by atoms with Gasteiger partial charge in [0.2, 0.25) is 0 Å². The number of ether oxygens (including phenoxy) is 1. The number of carbonyl (C=O) groups is 1. The molecule has 0 spiro atoms. The van der Waals surface area contributed by atoms with Crippen LogP contribution in [0.1, 0.15) is 31.2 Å². The Balaban J connectivity index is 2.02. The first-order valence-electron chi connectivity index (χ1n) is 7.19. The average molecular weight is 290 g/mol. The summed E-state index contributed by atoms with van der Waals surface area (Å²) in [6.45, 7) is 1.73. The summed E-state index contributed by atoms with van der Waals surface area (Å²) < 4.78 is 5.52. The second-order valence-electron chi connectivity index (χ2n) is 5.55. The number of hydrogen-bond acceptors (Lipinski definition) is 4. The largest absolute Gasteiger partial charge is 0.461 e. The quantitative estimate of drug-likeness (QED) is 0.829. The Morgan fingerprint density at radius 1 is 1.48 bits per heavy atom. The number of piperidine rings is 1. The Kier molecular flexibility index (Phi) is 4.96. The van der Waals surface area contributed by atoms with Gasteiger partial charge in [0, 0.05) is 25.9 Å². The molecule has 1 heterocycles. The fraction of sp³-hybridized carbons (Fsp3) is 0.500. The Morgan fingerprint density at radius 2 is 2.14 bits per heavy atom. The molecule has 5 heteroatoms. The van der Waals surface area contributed by atoms with Crippen molar-refractivity contribution in [3.8, 4) is 0 Å². The van der Waals surface area contributed by atoms with E-state index in [9.17, 15) is 9.90 Å². The number of carbonyl (C=O) groups excluding carboxylic acids is 1. The number of hydrogen-bond donors (Lipinski definition) is 2. The van der Waals surface area contributed by atoms with Crippen LogP contribution in [-0.4, -0.2) is 47.6 Å². The maximum absolute atomic E-state index is 12.3. The summed E-state index contributed by atoms with van der Waals surface area (Å²) in [5.41, 5.74) is 0.751. The number of aliphatic hydroxyl groups is 1. The lowest BCUT2D eigenvalue weighted by atomic mass is 9.98. The van der Waals surface area contributed by atoms with Crippen molar-refractivity contribution >= 4 is 11.8 Å². The van der Waals surface area contributed by atoms with Crippen LogP contribution in [-0.2, 0) is 9.53 Å². The lowest BCUT2D eigenvalue weighted by Gasteiger charge is -2.36. The van der Waals surface area contributed by atoms with E-state index in [0.717, 1.165) is 5.56 Å². The Labute approximate surface area is 125 Å². The number of nitrogens with one attached hydrogen (secondary N) is 1. The Morgan fingerprint density at radius 3 is 2.71 bits per heavy atom. The minimum absolute atomic E-state index is 0.174. The molecule has 5 nitrogen and oxygen atoms in total. The van der Waals surface area contributed by atoms with Crippen molar-refractivity contribution in [2.24, 2.45) is 0 Å². The Bertz CT molecular complexity index is 504. The summed E-state index contributed by atoms with van der Waals surface area (Å²) in [7, 11) is 1.88. The number of nitrogens with zero attached hydrogens (tertiary/aromatic N) is 1. The molecule has 0 aromatic heterocycles. The lowest BCUT2D eigenvalue weighted by molar-refractivity contribution is -0.153. The molecule has 0 bridgehead atoms. The highest BCUT2D eigenvalue weighted by molar-refractivity contribution is 5.82. The molecule has 1 aliphatic heterocycles. The van der Waals surface area contributed by atoms with Crippen molar-refractivity contribution < 1.29 is 14.6 Å². The number of benzene rings is 1. The predicted octanol–water partition coefficient (Wildman–Crippen LogP) is 1.77. The molecule has 1 aromatic carbocycles. The van der Waals surface area contributed by atoms with Crippen LogP contribution in [0.5, 0.6) is 0 Å². The smallest absolute Gasteiger partial charge is 0.316 e. The number of likely N-dealkylation sites (tertiary alicyclic amines) is 1. The maximum atomic E-state index is 12.3. The molecule has 1 aromatic rings. The molecule has 1 unspecified atom stereocenters. The molecule has 21 heavy (non-hydrogen) atoms. The summed E-state index contributed by atoms with van der Waals surface area (Å²) >= 11 is 0. The molecule has 2 rings (SSSR count). The predicted molar refractivity (Wildman–Crippen MR) is 80.3 cm³/mol. The molecule has 3 atom stereocenters. The van der Waals surface area contributed by atoms with Crippen LogP contribution in [0.4, 0.5) is 0 Å². The SMILES string of the molecule is CC1C[C@H](OC(=O)[C@H](CO)c2ccccc2)CC(=N)N1C. The highest BCUT2D eigenvalue weighted by Gasteiger charge is 2.31. The summed E-state index contributed by atoms with van der Waals surface area (Å²) in [6, 6.07) is 9.32. The van der Waals surface area contributed by atoms with Gasteiger partial charge in [-0.1, -0.05) is 30.3 Å². The molecule has 0 radical (unpaired) electrons. The first kappa shape index (κ1) is 15.5. The molecule has 1 fully saturated rings. The van der Waals surface area contributed by atoms with Crippen molar-refractivity contribution in [3.63, 3.8) is 0 Å². The van der Waals surface area contributed by atoms with E-state index in [4.69, 9.17) is 10.1 Å². The van der Waals surface area contributed by atoms with E-state index in [1.807, 2.05) is 49.2 Å². The lowest BCUT2D eigenvalue weighted by Crippen LogP contribution is -2.45. The third-order valence-corrected chi connectivity index (χ3v) is 4.06. The third kappa shape index (κ3) is 3.61. The zero-order chi connectivity index (χ0) is 15.4. The van der Waals surface area contributed by atoms with Crippen LogP contribution in [0.15, 0.2) is 30.3 Å². The van der Waals surface area contributed by atoms with Crippen LogP contribution in [0.25, 0.3) is 0 Å². The van der Waals surface area contributed by atoms with Crippen molar-refractivity contribution in [2.45, 2.75) is 37.8 Å². The summed E-state index contributed by atoms with van der Waals surface area (Å²) in [5.74, 6) is -0.597. The average Bonchev–Trinajstić information content (AvgIpc) is 2.46. The fourth-order valence-corrected chi connectivity index (χ4v) is 2.59. The van der Waals surface area contributed by atoms with E-state index in [2.05, 4.69) is 0 Å². The molecule has 114 valence electrons. The van der Waals surface area contributed by atoms with Crippen LogP contribution in [0.2, 0.25) is 0 Å². The van der Waals surface area contributed by atoms with Crippen LogP contribution in [0, 0.1) is 5.41 Å². The molecule has 1 saturated heterocycles. The molecule has 2 N–H and O–H groups in total. The highest BCUT2D eigenvalue weighted by Crippen LogP contribution is 2.23. The standard InChI is InChI=1S/C16H22N2O3/c1-11-8-13(9-15(17)18(11)2)21-16(20)14(10-19)12-6-4-3-5-7-12/h3-7,11,13-14,17,19H,8-10H2,1-2H3/t11?,13-,14+/m0/s1.